The lowest BCUT2D eigenvalue weighted by Gasteiger charge is -2.47. The first-order chi connectivity index (χ1) is 15.3. The first-order valence-corrected chi connectivity index (χ1v) is 10.5. The van der Waals surface area contributed by atoms with Gasteiger partial charge in [0.15, 0.2) is 11.6 Å². The summed E-state index contributed by atoms with van der Waals surface area (Å²) in [6, 6.07) is 5.83. The van der Waals surface area contributed by atoms with E-state index >= 15 is 0 Å². The summed E-state index contributed by atoms with van der Waals surface area (Å²) in [5.74, 6) is -2.04. The number of amides is 2. The SMILES string of the molecule is CO[C@H]1C[C@H](C2C(=O)N(c3ncc(Cl)cc3F)CC(=O)N2Cc2ccc(C(F)F)cc2)C1. The summed E-state index contributed by atoms with van der Waals surface area (Å²) in [4.78, 5) is 32.9. The summed E-state index contributed by atoms with van der Waals surface area (Å²) in [7, 11) is 1.58. The molecule has 0 N–H and O–H groups in total. The van der Waals surface area contributed by atoms with Crippen LogP contribution in [-0.2, 0) is 20.9 Å². The maximum Gasteiger partial charge on any atom is 0.263 e. The van der Waals surface area contributed by atoms with Gasteiger partial charge in [0.25, 0.3) is 12.3 Å². The number of rotatable bonds is 6. The van der Waals surface area contributed by atoms with E-state index in [0.29, 0.717) is 18.4 Å². The predicted octanol–water partition coefficient (Wildman–Crippen LogP) is 3.98. The smallest absolute Gasteiger partial charge is 0.263 e. The highest BCUT2D eigenvalue weighted by Gasteiger charge is 2.49. The molecule has 1 saturated heterocycles. The third kappa shape index (κ3) is 4.31. The van der Waals surface area contributed by atoms with Crippen LogP contribution in [0.5, 0.6) is 0 Å². The second-order valence-corrected chi connectivity index (χ2v) is 8.42. The minimum Gasteiger partial charge on any atom is -0.381 e. The van der Waals surface area contributed by atoms with E-state index < -0.39 is 24.2 Å². The molecule has 1 unspecified atom stereocenters. The number of halogens is 4. The first kappa shape index (κ1) is 22.5. The molecule has 2 aromatic rings. The maximum absolute atomic E-state index is 14.5. The van der Waals surface area contributed by atoms with Crippen LogP contribution in [0.15, 0.2) is 36.5 Å². The number of pyridine rings is 1. The van der Waals surface area contributed by atoms with Gasteiger partial charge in [-0.25, -0.2) is 18.2 Å². The summed E-state index contributed by atoms with van der Waals surface area (Å²) >= 11 is 5.77. The summed E-state index contributed by atoms with van der Waals surface area (Å²) < 4.78 is 45.5. The van der Waals surface area contributed by atoms with Crippen LogP contribution in [0.1, 0.15) is 30.4 Å². The molecule has 170 valence electrons. The van der Waals surface area contributed by atoms with Crippen molar-refractivity contribution in [2.75, 3.05) is 18.6 Å². The van der Waals surface area contributed by atoms with Gasteiger partial charge in [-0.05, 0) is 30.4 Å². The molecule has 2 aliphatic rings. The highest BCUT2D eigenvalue weighted by molar-refractivity contribution is 6.30. The Hall–Kier alpha value is -2.65. The van der Waals surface area contributed by atoms with Gasteiger partial charge in [0.1, 0.15) is 12.6 Å². The molecule has 2 fully saturated rings. The van der Waals surface area contributed by atoms with Gasteiger partial charge in [0, 0.05) is 25.4 Å². The van der Waals surface area contributed by atoms with E-state index in [2.05, 4.69) is 4.98 Å². The van der Waals surface area contributed by atoms with Crippen molar-refractivity contribution in [2.24, 2.45) is 5.92 Å². The summed E-state index contributed by atoms with van der Waals surface area (Å²) in [6.07, 6.45) is -0.243. The third-order valence-corrected chi connectivity index (χ3v) is 6.22. The molecule has 1 aliphatic carbocycles. The number of anilines is 1. The fraction of sp³-hybridized carbons (Fsp3) is 0.409. The second kappa shape index (κ2) is 9.07. The molecule has 2 heterocycles. The van der Waals surface area contributed by atoms with Gasteiger partial charge in [0.05, 0.1) is 11.1 Å². The lowest BCUT2D eigenvalue weighted by atomic mass is 9.75. The second-order valence-electron chi connectivity index (χ2n) is 7.98. The number of carbonyl (C=O) groups excluding carboxylic acids is 2. The molecule has 1 aliphatic heterocycles. The molecule has 0 radical (unpaired) electrons. The quantitative estimate of drug-likeness (QED) is 0.644. The molecule has 1 aromatic heterocycles. The van der Waals surface area contributed by atoms with Gasteiger partial charge in [-0.3, -0.25) is 14.5 Å². The predicted molar refractivity (Wildman–Crippen MR) is 111 cm³/mol. The number of benzene rings is 1. The molecular formula is C22H21ClF3N3O3. The monoisotopic (exact) mass is 467 g/mol. The number of methoxy groups -OCH3 is 1. The molecule has 0 bridgehead atoms. The lowest BCUT2D eigenvalue weighted by molar-refractivity contribution is -0.150. The van der Waals surface area contributed by atoms with Crippen molar-refractivity contribution < 1.29 is 27.5 Å². The number of piperazine rings is 1. The standard InChI is InChI=1S/C22H21ClF3N3O3/c1-32-16-6-14(7-16)19-22(31)29(21-17(24)8-15(23)9-27-21)11-18(30)28(19)10-12-2-4-13(5-3-12)20(25)26/h2-5,8-9,14,16,19-20H,6-7,10-11H2,1H3/t14-,16-,19?. The van der Waals surface area contributed by atoms with Crippen LogP contribution in [0, 0.1) is 11.7 Å². The van der Waals surface area contributed by atoms with Gasteiger partial charge in [0.2, 0.25) is 5.91 Å². The van der Waals surface area contributed by atoms with Crippen LogP contribution < -0.4 is 4.90 Å². The molecule has 1 aromatic carbocycles. The van der Waals surface area contributed by atoms with E-state index in [0.717, 1.165) is 11.0 Å². The highest BCUT2D eigenvalue weighted by atomic mass is 35.5. The fourth-order valence-electron chi connectivity index (χ4n) is 4.20. The topological polar surface area (TPSA) is 62.7 Å². The molecule has 6 nitrogen and oxygen atoms in total. The Kier molecular flexibility index (Phi) is 6.39. The minimum atomic E-state index is -2.59. The van der Waals surface area contributed by atoms with E-state index in [1.54, 1.807) is 7.11 Å². The Morgan fingerprint density at radius 1 is 1.22 bits per heavy atom. The average Bonchev–Trinajstić information content (AvgIpc) is 2.72. The molecule has 2 amide bonds. The van der Waals surface area contributed by atoms with Crippen molar-refractivity contribution in [1.29, 1.82) is 0 Å². The van der Waals surface area contributed by atoms with Crippen molar-refractivity contribution in [3.63, 3.8) is 0 Å². The Morgan fingerprint density at radius 2 is 1.91 bits per heavy atom. The van der Waals surface area contributed by atoms with E-state index in [1.807, 2.05) is 0 Å². The largest absolute Gasteiger partial charge is 0.381 e. The zero-order chi connectivity index (χ0) is 23.0. The Bertz CT molecular complexity index is 1020. The number of hydrogen-bond donors (Lipinski definition) is 0. The van der Waals surface area contributed by atoms with Crippen molar-refractivity contribution in [2.45, 2.75) is 38.0 Å². The van der Waals surface area contributed by atoms with E-state index in [1.165, 1.54) is 35.4 Å². The zero-order valence-corrected chi connectivity index (χ0v) is 17.9. The lowest BCUT2D eigenvalue weighted by Crippen LogP contribution is -2.64. The van der Waals surface area contributed by atoms with Gasteiger partial charge >= 0.3 is 0 Å². The van der Waals surface area contributed by atoms with Crippen LogP contribution in [0.3, 0.4) is 0 Å². The van der Waals surface area contributed by atoms with E-state index in [9.17, 15) is 22.8 Å². The number of nitrogens with zero attached hydrogens (tertiary/aromatic N) is 3. The number of hydrogen-bond acceptors (Lipinski definition) is 4. The molecule has 32 heavy (non-hydrogen) atoms. The normalized spacial score (nSPS) is 23.6. The van der Waals surface area contributed by atoms with Gasteiger partial charge in [-0.1, -0.05) is 35.9 Å². The molecule has 1 saturated carbocycles. The van der Waals surface area contributed by atoms with Gasteiger partial charge in [-0.15, -0.1) is 0 Å². The van der Waals surface area contributed by atoms with Crippen molar-refractivity contribution in [1.82, 2.24) is 9.88 Å². The molecule has 10 heteroatoms. The van der Waals surface area contributed by atoms with E-state index in [-0.39, 0.29) is 47.4 Å². The number of carbonyl (C=O) groups is 2. The number of alkyl halides is 2. The average molecular weight is 468 g/mol. The number of aromatic nitrogens is 1. The van der Waals surface area contributed by atoms with Crippen molar-refractivity contribution in [3.8, 4) is 0 Å². The Morgan fingerprint density at radius 3 is 2.50 bits per heavy atom. The zero-order valence-electron chi connectivity index (χ0n) is 17.2. The highest BCUT2D eigenvalue weighted by Crippen LogP contribution is 2.38. The fourth-order valence-corrected chi connectivity index (χ4v) is 4.35. The van der Waals surface area contributed by atoms with Crippen LogP contribution in [-0.4, -0.2) is 47.5 Å². The van der Waals surface area contributed by atoms with Crippen LogP contribution in [0.25, 0.3) is 0 Å². The first-order valence-electron chi connectivity index (χ1n) is 10.1. The van der Waals surface area contributed by atoms with Gasteiger partial charge in [-0.2, -0.15) is 0 Å². The van der Waals surface area contributed by atoms with Crippen LogP contribution in [0.4, 0.5) is 19.0 Å². The van der Waals surface area contributed by atoms with Crippen LogP contribution >= 0.6 is 11.6 Å². The maximum atomic E-state index is 14.5. The van der Waals surface area contributed by atoms with E-state index in [4.69, 9.17) is 16.3 Å². The Balaban J connectivity index is 1.62. The summed E-state index contributed by atoms with van der Waals surface area (Å²) in [5.41, 5.74) is 0.496. The molecule has 0 spiro atoms. The summed E-state index contributed by atoms with van der Waals surface area (Å²) in [5, 5.41) is 0.0781. The molecule has 4 rings (SSSR count). The molecular weight excluding hydrogens is 447 g/mol. The molecule has 1 atom stereocenters. The minimum absolute atomic E-state index is 0.0177. The number of ether oxygens (including phenoxy) is 1. The third-order valence-electron chi connectivity index (χ3n) is 6.01. The Labute approximate surface area is 187 Å². The van der Waals surface area contributed by atoms with Crippen molar-refractivity contribution >= 4 is 29.2 Å². The van der Waals surface area contributed by atoms with Crippen molar-refractivity contribution in [3.05, 3.63) is 58.5 Å². The summed E-state index contributed by atoms with van der Waals surface area (Å²) in [6.45, 7) is -0.298. The van der Waals surface area contributed by atoms with Gasteiger partial charge < -0.3 is 9.64 Å². The van der Waals surface area contributed by atoms with Crippen LogP contribution in [0.2, 0.25) is 5.02 Å².